The average molecular weight is 424 g/mol. The molecule has 1 saturated heterocycles. The second-order valence-corrected chi connectivity index (χ2v) is 8.73. The highest BCUT2D eigenvalue weighted by molar-refractivity contribution is 7.92. The van der Waals surface area contributed by atoms with E-state index in [2.05, 4.69) is 22.3 Å². The predicted molar refractivity (Wildman–Crippen MR) is 114 cm³/mol. The van der Waals surface area contributed by atoms with Gasteiger partial charge in [-0.3, -0.25) is 9.52 Å². The largest absolute Gasteiger partial charge is 0.348 e. The van der Waals surface area contributed by atoms with Crippen LogP contribution in [0.5, 0.6) is 0 Å². The van der Waals surface area contributed by atoms with Crippen LogP contribution in [-0.2, 0) is 10.0 Å². The summed E-state index contributed by atoms with van der Waals surface area (Å²) < 4.78 is 27.6. The van der Waals surface area contributed by atoms with Crippen molar-refractivity contribution in [3.05, 3.63) is 59.7 Å². The van der Waals surface area contributed by atoms with E-state index in [0.717, 1.165) is 25.1 Å². The monoisotopic (exact) mass is 423 g/mol. The van der Waals surface area contributed by atoms with Gasteiger partial charge in [-0.15, -0.1) is 12.4 Å². The molecule has 0 aliphatic carbocycles. The van der Waals surface area contributed by atoms with E-state index in [4.69, 9.17) is 0 Å². The molecule has 2 aromatic rings. The summed E-state index contributed by atoms with van der Waals surface area (Å²) in [5.74, 6) is 0.222. The van der Waals surface area contributed by atoms with Gasteiger partial charge in [0.15, 0.2) is 0 Å². The summed E-state index contributed by atoms with van der Waals surface area (Å²) in [4.78, 5) is 12.6. The van der Waals surface area contributed by atoms with Gasteiger partial charge in [0, 0.05) is 23.8 Å². The van der Waals surface area contributed by atoms with Crippen LogP contribution in [0.3, 0.4) is 0 Å². The minimum Gasteiger partial charge on any atom is -0.348 e. The molecule has 1 fully saturated rings. The van der Waals surface area contributed by atoms with Crippen molar-refractivity contribution in [1.29, 1.82) is 0 Å². The fourth-order valence-corrected chi connectivity index (χ4v) is 4.11. The highest BCUT2D eigenvalue weighted by Crippen LogP contribution is 2.18. The zero-order valence-electron chi connectivity index (χ0n) is 15.9. The zero-order valence-corrected chi connectivity index (χ0v) is 17.6. The van der Waals surface area contributed by atoms with E-state index in [-0.39, 0.29) is 29.3 Å². The van der Waals surface area contributed by atoms with Crippen molar-refractivity contribution in [3.63, 3.8) is 0 Å². The quantitative estimate of drug-likeness (QED) is 0.690. The SMILES string of the molecule is Cc1ccc(NS(=O)(=O)c2ccc(C(=O)NC3CNCCC3C)cc2)cc1.Cl. The Kier molecular flexibility index (Phi) is 7.46. The van der Waals surface area contributed by atoms with Crippen molar-refractivity contribution in [3.8, 4) is 0 Å². The lowest BCUT2D eigenvalue weighted by Gasteiger charge is -2.30. The Hall–Kier alpha value is -2.09. The number of nitrogens with one attached hydrogen (secondary N) is 3. The van der Waals surface area contributed by atoms with Gasteiger partial charge in [-0.2, -0.15) is 0 Å². The van der Waals surface area contributed by atoms with Crippen LogP contribution in [0.15, 0.2) is 53.4 Å². The Bertz CT molecular complexity index is 899. The molecule has 0 bridgehead atoms. The molecule has 3 N–H and O–H groups in total. The number of sulfonamides is 1. The minimum absolute atomic E-state index is 0. The van der Waals surface area contributed by atoms with Crippen LogP contribution in [0.1, 0.15) is 29.3 Å². The summed E-state index contributed by atoms with van der Waals surface area (Å²) in [7, 11) is -3.70. The molecule has 1 heterocycles. The van der Waals surface area contributed by atoms with Crippen LogP contribution in [0.25, 0.3) is 0 Å². The fourth-order valence-electron chi connectivity index (χ4n) is 3.06. The van der Waals surface area contributed by atoms with Crippen molar-refractivity contribution >= 4 is 34.0 Å². The molecular formula is C20H26ClN3O3S. The number of rotatable bonds is 5. The number of carbonyl (C=O) groups excluding carboxylic acids is 1. The summed E-state index contributed by atoms with van der Waals surface area (Å²) in [6, 6.07) is 13.2. The van der Waals surface area contributed by atoms with E-state index in [1.807, 2.05) is 19.1 Å². The third-order valence-electron chi connectivity index (χ3n) is 4.87. The second kappa shape index (κ2) is 9.41. The maximum Gasteiger partial charge on any atom is 0.261 e. The molecule has 0 saturated carbocycles. The first-order valence-electron chi connectivity index (χ1n) is 9.06. The molecule has 1 aliphatic rings. The van der Waals surface area contributed by atoms with Gasteiger partial charge in [0.25, 0.3) is 15.9 Å². The van der Waals surface area contributed by atoms with Gasteiger partial charge < -0.3 is 10.6 Å². The van der Waals surface area contributed by atoms with E-state index < -0.39 is 10.0 Å². The van der Waals surface area contributed by atoms with Gasteiger partial charge in [-0.05, 0) is 62.2 Å². The van der Waals surface area contributed by atoms with Crippen LogP contribution in [0.4, 0.5) is 5.69 Å². The number of hydrogen-bond acceptors (Lipinski definition) is 4. The number of anilines is 1. The number of amides is 1. The maximum atomic E-state index is 12.5. The van der Waals surface area contributed by atoms with Crippen LogP contribution < -0.4 is 15.4 Å². The molecule has 1 aliphatic heterocycles. The number of hydrogen-bond donors (Lipinski definition) is 3. The predicted octanol–water partition coefficient (Wildman–Crippen LogP) is 2.95. The number of halogens is 1. The summed E-state index contributed by atoms with van der Waals surface area (Å²) in [6.07, 6.45) is 1.02. The number of carbonyl (C=O) groups is 1. The smallest absolute Gasteiger partial charge is 0.261 e. The van der Waals surface area contributed by atoms with Gasteiger partial charge in [-0.25, -0.2) is 8.42 Å². The Morgan fingerprint density at radius 3 is 2.32 bits per heavy atom. The number of benzene rings is 2. The van der Waals surface area contributed by atoms with E-state index >= 15 is 0 Å². The number of piperidine rings is 1. The molecule has 8 heteroatoms. The lowest BCUT2D eigenvalue weighted by Crippen LogP contribution is -2.50. The molecular weight excluding hydrogens is 398 g/mol. The van der Waals surface area contributed by atoms with Crippen LogP contribution >= 0.6 is 12.4 Å². The van der Waals surface area contributed by atoms with Crippen LogP contribution in [0, 0.1) is 12.8 Å². The molecule has 152 valence electrons. The van der Waals surface area contributed by atoms with Gasteiger partial charge in [0.1, 0.15) is 0 Å². The van der Waals surface area contributed by atoms with Crippen molar-refractivity contribution < 1.29 is 13.2 Å². The Morgan fingerprint density at radius 1 is 1.07 bits per heavy atom. The summed E-state index contributed by atoms with van der Waals surface area (Å²) in [5, 5.41) is 6.30. The normalized spacial score (nSPS) is 19.4. The Labute approximate surface area is 172 Å². The molecule has 28 heavy (non-hydrogen) atoms. The fraction of sp³-hybridized carbons (Fsp3) is 0.350. The first kappa shape index (κ1) is 22.2. The first-order valence-corrected chi connectivity index (χ1v) is 10.5. The summed E-state index contributed by atoms with van der Waals surface area (Å²) >= 11 is 0. The van der Waals surface area contributed by atoms with Crippen molar-refractivity contribution in [2.24, 2.45) is 5.92 Å². The van der Waals surface area contributed by atoms with Crippen molar-refractivity contribution in [2.75, 3.05) is 17.8 Å². The molecule has 0 aromatic heterocycles. The molecule has 0 radical (unpaired) electrons. The molecule has 0 spiro atoms. The zero-order chi connectivity index (χ0) is 19.4. The standard InChI is InChI=1S/C20H25N3O3S.ClH/c1-14-3-7-17(8-4-14)23-27(25,26)18-9-5-16(6-10-18)20(24)22-19-13-21-12-11-15(19)2;/h3-10,15,19,21,23H,11-13H2,1-2H3,(H,22,24);1H. The molecule has 2 aromatic carbocycles. The first-order chi connectivity index (χ1) is 12.8. The molecule has 6 nitrogen and oxygen atoms in total. The second-order valence-electron chi connectivity index (χ2n) is 7.05. The van der Waals surface area contributed by atoms with Crippen molar-refractivity contribution in [2.45, 2.75) is 31.2 Å². The van der Waals surface area contributed by atoms with Crippen molar-refractivity contribution in [1.82, 2.24) is 10.6 Å². The third-order valence-corrected chi connectivity index (χ3v) is 6.27. The molecule has 2 atom stereocenters. The lowest BCUT2D eigenvalue weighted by molar-refractivity contribution is 0.0915. The minimum atomic E-state index is -3.70. The van der Waals surface area contributed by atoms with E-state index in [1.54, 1.807) is 24.3 Å². The molecule has 3 rings (SSSR count). The maximum absolute atomic E-state index is 12.5. The molecule has 2 unspecified atom stereocenters. The topological polar surface area (TPSA) is 87.3 Å². The average Bonchev–Trinajstić information content (AvgIpc) is 2.65. The van der Waals surface area contributed by atoms with Crippen LogP contribution in [0.2, 0.25) is 0 Å². The Morgan fingerprint density at radius 2 is 1.71 bits per heavy atom. The van der Waals surface area contributed by atoms with Gasteiger partial charge in [0.2, 0.25) is 0 Å². The van der Waals surface area contributed by atoms with E-state index in [0.29, 0.717) is 17.2 Å². The van der Waals surface area contributed by atoms with Crippen LogP contribution in [-0.4, -0.2) is 33.5 Å². The van der Waals surface area contributed by atoms with Gasteiger partial charge in [-0.1, -0.05) is 24.6 Å². The summed E-state index contributed by atoms with van der Waals surface area (Å²) in [6.45, 7) is 5.78. The highest BCUT2D eigenvalue weighted by Gasteiger charge is 2.23. The Balaban J connectivity index is 0.00000280. The number of aryl methyl sites for hydroxylation is 1. The van der Waals surface area contributed by atoms with E-state index in [1.165, 1.54) is 12.1 Å². The third kappa shape index (κ3) is 5.47. The summed E-state index contributed by atoms with van der Waals surface area (Å²) in [5.41, 5.74) is 2.00. The highest BCUT2D eigenvalue weighted by atomic mass is 35.5. The van der Waals surface area contributed by atoms with Gasteiger partial charge >= 0.3 is 0 Å². The van der Waals surface area contributed by atoms with E-state index in [9.17, 15) is 13.2 Å². The van der Waals surface area contributed by atoms with Gasteiger partial charge in [0.05, 0.1) is 4.90 Å². The lowest BCUT2D eigenvalue weighted by atomic mass is 9.94. The molecule has 1 amide bonds.